The number of nitrogens with zero attached hydrogens (tertiary/aromatic N) is 3. The third-order valence-electron chi connectivity index (χ3n) is 2.43. The SMILES string of the molecule is COC1CN(Cc2cnc(Cl)nc2Cl)C1. The van der Waals surface area contributed by atoms with Crippen molar-refractivity contribution in [3.63, 3.8) is 0 Å². The number of rotatable bonds is 3. The van der Waals surface area contributed by atoms with Crippen molar-refractivity contribution in [3.8, 4) is 0 Å². The summed E-state index contributed by atoms with van der Waals surface area (Å²) in [6, 6.07) is 0. The van der Waals surface area contributed by atoms with Crippen molar-refractivity contribution in [2.24, 2.45) is 0 Å². The highest BCUT2D eigenvalue weighted by Gasteiger charge is 2.26. The molecule has 1 aliphatic heterocycles. The largest absolute Gasteiger partial charge is 0.379 e. The van der Waals surface area contributed by atoms with E-state index in [2.05, 4.69) is 14.9 Å². The molecule has 0 aliphatic carbocycles. The molecule has 0 unspecified atom stereocenters. The predicted molar refractivity (Wildman–Crippen MR) is 58.1 cm³/mol. The Morgan fingerprint density at radius 3 is 2.87 bits per heavy atom. The van der Waals surface area contributed by atoms with Crippen LogP contribution in [0.1, 0.15) is 5.56 Å². The molecule has 1 aromatic rings. The van der Waals surface area contributed by atoms with E-state index in [4.69, 9.17) is 27.9 Å². The molecule has 1 fully saturated rings. The minimum atomic E-state index is 0.183. The van der Waals surface area contributed by atoms with Crippen LogP contribution >= 0.6 is 23.2 Å². The van der Waals surface area contributed by atoms with Gasteiger partial charge in [0.2, 0.25) is 5.28 Å². The first-order valence-corrected chi connectivity index (χ1v) is 5.36. The van der Waals surface area contributed by atoms with E-state index >= 15 is 0 Å². The third-order valence-corrected chi connectivity index (χ3v) is 2.94. The number of aromatic nitrogens is 2. The zero-order chi connectivity index (χ0) is 10.8. The van der Waals surface area contributed by atoms with Crippen LogP contribution in [0.25, 0.3) is 0 Å². The highest BCUT2D eigenvalue weighted by molar-refractivity contribution is 6.32. The number of hydrogen-bond donors (Lipinski definition) is 0. The van der Waals surface area contributed by atoms with Gasteiger partial charge in [0.15, 0.2) is 0 Å². The Balaban J connectivity index is 1.94. The van der Waals surface area contributed by atoms with Gasteiger partial charge in [-0.3, -0.25) is 4.90 Å². The molecule has 0 spiro atoms. The highest BCUT2D eigenvalue weighted by atomic mass is 35.5. The minimum Gasteiger partial charge on any atom is -0.379 e. The molecule has 6 heteroatoms. The summed E-state index contributed by atoms with van der Waals surface area (Å²) >= 11 is 11.5. The quantitative estimate of drug-likeness (QED) is 0.601. The molecule has 1 saturated heterocycles. The minimum absolute atomic E-state index is 0.183. The fraction of sp³-hybridized carbons (Fsp3) is 0.556. The fourth-order valence-corrected chi connectivity index (χ4v) is 1.88. The number of halogens is 2. The van der Waals surface area contributed by atoms with Gasteiger partial charge >= 0.3 is 0 Å². The van der Waals surface area contributed by atoms with Gasteiger partial charge in [-0.2, -0.15) is 0 Å². The van der Waals surface area contributed by atoms with E-state index in [1.165, 1.54) is 0 Å². The molecule has 0 amide bonds. The molecule has 1 aromatic heterocycles. The maximum Gasteiger partial charge on any atom is 0.223 e. The van der Waals surface area contributed by atoms with E-state index in [0.29, 0.717) is 11.3 Å². The smallest absolute Gasteiger partial charge is 0.223 e. The van der Waals surface area contributed by atoms with E-state index < -0.39 is 0 Å². The fourth-order valence-electron chi connectivity index (χ4n) is 1.51. The van der Waals surface area contributed by atoms with Gasteiger partial charge < -0.3 is 4.74 Å². The molecular weight excluding hydrogens is 237 g/mol. The van der Waals surface area contributed by atoms with Gasteiger partial charge in [0, 0.05) is 38.5 Å². The van der Waals surface area contributed by atoms with E-state index in [0.717, 1.165) is 25.2 Å². The molecule has 0 aromatic carbocycles. The van der Waals surface area contributed by atoms with Crippen molar-refractivity contribution < 1.29 is 4.74 Å². The highest BCUT2D eigenvalue weighted by Crippen LogP contribution is 2.20. The number of likely N-dealkylation sites (tertiary alicyclic amines) is 1. The van der Waals surface area contributed by atoms with Crippen LogP contribution in [0.15, 0.2) is 6.20 Å². The Kier molecular flexibility index (Phi) is 3.41. The molecule has 0 radical (unpaired) electrons. The molecule has 4 nitrogen and oxygen atoms in total. The van der Waals surface area contributed by atoms with Crippen LogP contribution in [0.5, 0.6) is 0 Å². The lowest BCUT2D eigenvalue weighted by atomic mass is 10.1. The maximum atomic E-state index is 5.93. The maximum absolute atomic E-state index is 5.93. The van der Waals surface area contributed by atoms with Crippen LogP contribution in [0.4, 0.5) is 0 Å². The summed E-state index contributed by atoms with van der Waals surface area (Å²) in [6.45, 7) is 2.60. The lowest BCUT2D eigenvalue weighted by Crippen LogP contribution is -2.50. The summed E-state index contributed by atoms with van der Waals surface area (Å²) in [7, 11) is 1.72. The molecular formula is C9H11Cl2N3O. The van der Waals surface area contributed by atoms with E-state index in [1.54, 1.807) is 13.3 Å². The zero-order valence-electron chi connectivity index (χ0n) is 8.28. The monoisotopic (exact) mass is 247 g/mol. The van der Waals surface area contributed by atoms with Gasteiger partial charge in [0.1, 0.15) is 5.15 Å². The van der Waals surface area contributed by atoms with Crippen LogP contribution in [-0.4, -0.2) is 41.2 Å². The lowest BCUT2D eigenvalue weighted by Gasteiger charge is -2.38. The Bertz CT molecular complexity index is 355. The normalized spacial score (nSPS) is 17.8. The second kappa shape index (κ2) is 4.61. The van der Waals surface area contributed by atoms with Crippen LogP contribution < -0.4 is 0 Å². The summed E-state index contributed by atoms with van der Waals surface area (Å²) < 4.78 is 5.18. The van der Waals surface area contributed by atoms with E-state index in [9.17, 15) is 0 Å². The van der Waals surface area contributed by atoms with Gasteiger partial charge in [0.25, 0.3) is 0 Å². The van der Waals surface area contributed by atoms with Gasteiger partial charge in [0.05, 0.1) is 6.10 Å². The summed E-state index contributed by atoms with van der Waals surface area (Å²) in [4.78, 5) is 10.0. The first kappa shape index (κ1) is 11.1. The second-order valence-electron chi connectivity index (χ2n) is 3.51. The van der Waals surface area contributed by atoms with Gasteiger partial charge in [-0.15, -0.1) is 0 Å². The Morgan fingerprint density at radius 1 is 1.53 bits per heavy atom. The number of hydrogen-bond acceptors (Lipinski definition) is 4. The van der Waals surface area contributed by atoms with Crippen LogP contribution in [0.3, 0.4) is 0 Å². The summed E-state index contributed by atoms with van der Waals surface area (Å²) in [6.07, 6.45) is 2.01. The first-order valence-electron chi connectivity index (χ1n) is 4.61. The molecule has 0 bridgehead atoms. The molecule has 0 atom stereocenters. The average Bonchev–Trinajstić information content (AvgIpc) is 2.13. The number of methoxy groups -OCH3 is 1. The molecule has 0 saturated carbocycles. The predicted octanol–water partition coefficient (Wildman–Crippen LogP) is 1.61. The van der Waals surface area contributed by atoms with Crippen LogP contribution in [0.2, 0.25) is 10.4 Å². The molecule has 1 aliphatic rings. The molecule has 2 heterocycles. The van der Waals surface area contributed by atoms with E-state index in [1.807, 2.05) is 0 Å². The van der Waals surface area contributed by atoms with Gasteiger partial charge in [-0.05, 0) is 11.6 Å². The van der Waals surface area contributed by atoms with Crippen molar-refractivity contribution in [1.29, 1.82) is 0 Å². The van der Waals surface area contributed by atoms with E-state index in [-0.39, 0.29) is 5.28 Å². The topological polar surface area (TPSA) is 38.2 Å². The summed E-state index contributed by atoms with van der Waals surface area (Å²) in [5.74, 6) is 0. The Hall–Kier alpha value is -0.420. The standard InChI is InChI=1S/C9H11Cl2N3O/c1-15-7-4-14(5-7)3-6-2-12-9(11)13-8(6)10/h2,7H,3-5H2,1H3. The third kappa shape index (κ3) is 2.58. The van der Waals surface area contributed by atoms with Crippen molar-refractivity contribution in [3.05, 3.63) is 22.2 Å². The van der Waals surface area contributed by atoms with Gasteiger partial charge in [-0.25, -0.2) is 9.97 Å². The van der Waals surface area contributed by atoms with Crippen LogP contribution in [-0.2, 0) is 11.3 Å². The Morgan fingerprint density at radius 2 is 2.27 bits per heavy atom. The lowest BCUT2D eigenvalue weighted by molar-refractivity contribution is -0.0334. The van der Waals surface area contributed by atoms with Crippen molar-refractivity contribution in [1.82, 2.24) is 14.9 Å². The molecule has 0 N–H and O–H groups in total. The van der Waals surface area contributed by atoms with Crippen molar-refractivity contribution in [2.45, 2.75) is 12.6 Å². The summed E-state index contributed by atoms with van der Waals surface area (Å²) in [5, 5.41) is 0.609. The van der Waals surface area contributed by atoms with Crippen LogP contribution in [0, 0.1) is 0 Å². The summed E-state index contributed by atoms with van der Waals surface area (Å²) in [5.41, 5.74) is 0.899. The van der Waals surface area contributed by atoms with Crippen molar-refractivity contribution >= 4 is 23.2 Å². The molecule has 15 heavy (non-hydrogen) atoms. The molecule has 2 rings (SSSR count). The average molecular weight is 248 g/mol. The number of ether oxygens (including phenoxy) is 1. The first-order chi connectivity index (χ1) is 7.19. The van der Waals surface area contributed by atoms with Gasteiger partial charge in [-0.1, -0.05) is 11.6 Å². The Labute approximate surface area is 98.2 Å². The van der Waals surface area contributed by atoms with Crippen molar-refractivity contribution in [2.75, 3.05) is 20.2 Å². The molecule has 82 valence electrons. The zero-order valence-corrected chi connectivity index (χ0v) is 9.79. The second-order valence-corrected chi connectivity index (χ2v) is 4.20.